The standard InChI is InChI=1S/C6H4ClF3OS/c7-4-2-1-3(12-4)5(11)6(8,9)10/h1-2,5,11H/t5-/m1/s1. The van der Waals surface area contributed by atoms with Crippen LogP contribution in [0.3, 0.4) is 0 Å². The first kappa shape index (κ1) is 9.83. The number of halogens is 4. The van der Waals surface area contributed by atoms with Crippen LogP contribution in [0.5, 0.6) is 0 Å². The summed E-state index contributed by atoms with van der Waals surface area (Å²) in [5, 5.41) is 8.70. The summed E-state index contributed by atoms with van der Waals surface area (Å²) >= 11 is 6.11. The van der Waals surface area contributed by atoms with Crippen molar-refractivity contribution < 1.29 is 18.3 Å². The Kier molecular flexibility index (Phi) is 2.65. The van der Waals surface area contributed by atoms with E-state index in [0.29, 0.717) is 0 Å². The Labute approximate surface area is 75.4 Å². The van der Waals surface area contributed by atoms with Gasteiger partial charge in [-0.3, -0.25) is 0 Å². The van der Waals surface area contributed by atoms with Gasteiger partial charge in [-0.25, -0.2) is 0 Å². The summed E-state index contributed by atoms with van der Waals surface area (Å²) in [4.78, 5) is -0.187. The number of hydrogen-bond acceptors (Lipinski definition) is 2. The minimum absolute atomic E-state index is 0.187. The van der Waals surface area contributed by atoms with Gasteiger partial charge in [-0.05, 0) is 12.1 Å². The Morgan fingerprint density at radius 2 is 2.00 bits per heavy atom. The Balaban J connectivity index is 2.85. The monoisotopic (exact) mass is 216 g/mol. The van der Waals surface area contributed by atoms with Gasteiger partial charge in [0.15, 0.2) is 6.10 Å². The Morgan fingerprint density at radius 1 is 1.42 bits per heavy atom. The summed E-state index contributed by atoms with van der Waals surface area (Å²) in [6.07, 6.45) is -7.04. The predicted octanol–water partition coefficient (Wildman–Crippen LogP) is 3.00. The van der Waals surface area contributed by atoms with Crippen molar-refractivity contribution in [2.45, 2.75) is 12.3 Å². The van der Waals surface area contributed by atoms with Crippen LogP contribution in [-0.4, -0.2) is 11.3 Å². The van der Waals surface area contributed by atoms with Gasteiger partial charge < -0.3 is 5.11 Å². The lowest BCUT2D eigenvalue weighted by Crippen LogP contribution is -2.18. The largest absolute Gasteiger partial charge is 0.419 e. The van der Waals surface area contributed by atoms with Gasteiger partial charge in [-0.15, -0.1) is 11.3 Å². The number of rotatable bonds is 1. The molecule has 0 aliphatic rings. The van der Waals surface area contributed by atoms with Crippen molar-refractivity contribution in [3.8, 4) is 0 Å². The van der Waals surface area contributed by atoms with Crippen LogP contribution in [0.2, 0.25) is 4.34 Å². The average molecular weight is 217 g/mol. The first-order valence-corrected chi connectivity index (χ1v) is 4.10. The molecule has 1 N–H and O–H groups in total. The van der Waals surface area contributed by atoms with E-state index in [9.17, 15) is 13.2 Å². The maximum absolute atomic E-state index is 11.9. The van der Waals surface area contributed by atoms with Crippen LogP contribution >= 0.6 is 22.9 Å². The molecule has 0 amide bonds. The van der Waals surface area contributed by atoms with Crippen LogP contribution in [0, 0.1) is 0 Å². The maximum atomic E-state index is 11.9. The Bertz CT molecular complexity index is 270. The van der Waals surface area contributed by atoms with Gasteiger partial charge in [0, 0.05) is 4.88 Å². The molecule has 0 saturated heterocycles. The third kappa shape index (κ3) is 2.12. The number of aliphatic hydroxyl groups excluding tert-OH is 1. The van der Waals surface area contributed by atoms with E-state index in [0.717, 1.165) is 17.4 Å². The number of hydrogen-bond donors (Lipinski definition) is 1. The van der Waals surface area contributed by atoms with Crippen LogP contribution in [0.1, 0.15) is 11.0 Å². The van der Waals surface area contributed by atoms with Crippen molar-refractivity contribution in [2.75, 3.05) is 0 Å². The molecule has 1 nitrogen and oxygen atoms in total. The molecule has 68 valence electrons. The molecule has 12 heavy (non-hydrogen) atoms. The van der Waals surface area contributed by atoms with Crippen molar-refractivity contribution in [3.05, 3.63) is 21.3 Å². The van der Waals surface area contributed by atoms with E-state index in [-0.39, 0.29) is 9.21 Å². The number of aliphatic hydroxyl groups is 1. The van der Waals surface area contributed by atoms with Crippen molar-refractivity contribution >= 4 is 22.9 Å². The molecule has 0 aliphatic carbocycles. The minimum atomic E-state index is -4.62. The highest BCUT2D eigenvalue weighted by Gasteiger charge is 2.40. The van der Waals surface area contributed by atoms with Crippen LogP contribution in [0.15, 0.2) is 12.1 Å². The van der Waals surface area contributed by atoms with E-state index in [1.165, 1.54) is 6.07 Å². The zero-order chi connectivity index (χ0) is 9.35. The van der Waals surface area contributed by atoms with Gasteiger partial charge in [-0.1, -0.05) is 11.6 Å². The fourth-order valence-corrected chi connectivity index (χ4v) is 1.71. The summed E-state index contributed by atoms with van der Waals surface area (Å²) in [6, 6.07) is 2.47. The molecular weight excluding hydrogens is 213 g/mol. The third-order valence-corrected chi connectivity index (χ3v) is 2.46. The van der Waals surface area contributed by atoms with E-state index < -0.39 is 12.3 Å². The first-order chi connectivity index (χ1) is 5.41. The van der Waals surface area contributed by atoms with Gasteiger partial charge in [0.2, 0.25) is 0 Å². The second-order valence-electron chi connectivity index (χ2n) is 2.09. The SMILES string of the molecule is O[C@H](c1ccc(Cl)s1)C(F)(F)F. The zero-order valence-electron chi connectivity index (χ0n) is 5.60. The average Bonchev–Trinajstić information content (AvgIpc) is 2.32. The molecule has 0 radical (unpaired) electrons. The highest BCUT2D eigenvalue weighted by atomic mass is 35.5. The predicted molar refractivity (Wildman–Crippen MR) is 40.3 cm³/mol. The van der Waals surface area contributed by atoms with Crippen LogP contribution in [-0.2, 0) is 0 Å². The second kappa shape index (κ2) is 3.24. The van der Waals surface area contributed by atoms with Crippen LogP contribution < -0.4 is 0 Å². The molecule has 0 aliphatic heterocycles. The summed E-state index contributed by atoms with van der Waals surface area (Å²) in [6.45, 7) is 0. The van der Waals surface area contributed by atoms with Crippen LogP contribution in [0.4, 0.5) is 13.2 Å². The van der Waals surface area contributed by atoms with E-state index in [1.807, 2.05) is 0 Å². The molecule has 0 fully saturated rings. The Hall–Kier alpha value is -0.260. The molecule has 0 bridgehead atoms. The minimum Gasteiger partial charge on any atom is -0.379 e. The topological polar surface area (TPSA) is 20.2 Å². The highest BCUT2D eigenvalue weighted by molar-refractivity contribution is 7.16. The zero-order valence-corrected chi connectivity index (χ0v) is 7.17. The molecular formula is C6H4ClF3OS. The molecule has 1 heterocycles. The van der Waals surface area contributed by atoms with E-state index in [2.05, 4.69) is 0 Å². The van der Waals surface area contributed by atoms with Gasteiger partial charge in [0.25, 0.3) is 0 Å². The lowest BCUT2D eigenvalue weighted by molar-refractivity contribution is -0.205. The quantitative estimate of drug-likeness (QED) is 0.765. The summed E-state index contributed by atoms with van der Waals surface area (Å²) in [5.41, 5.74) is 0. The molecule has 1 aromatic heterocycles. The van der Waals surface area contributed by atoms with Crippen molar-refractivity contribution in [2.24, 2.45) is 0 Å². The number of alkyl halides is 3. The van der Waals surface area contributed by atoms with Gasteiger partial charge in [-0.2, -0.15) is 13.2 Å². The van der Waals surface area contributed by atoms with Crippen molar-refractivity contribution in [1.82, 2.24) is 0 Å². The molecule has 0 unspecified atom stereocenters. The molecule has 0 aromatic carbocycles. The molecule has 0 saturated carbocycles. The second-order valence-corrected chi connectivity index (χ2v) is 3.83. The lowest BCUT2D eigenvalue weighted by Gasteiger charge is -2.11. The summed E-state index contributed by atoms with van der Waals surface area (Å²) < 4.78 is 35.8. The summed E-state index contributed by atoms with van der Waals surface area (Å²) in [7, 11) is 0. The van der Waals surface area contributed by atoms with Gasteiger partial charge >= 0.3 is 6.18 Å². The maximum Gasteiger partial charge on any atom is 0.419 e. The summed E-state index contributed by atoms with van der Waals surface area (Å²) in [5.74, 6) is 0. The third-order valence-electron chi connectivity index (χ3n) is 1.17. The van der Waals surface area contributed by atoms with E-state index >= 15 is 0 Å². The van der Waals surface area contributed by atoms with Crippen molar-refractivity contribution in [1.29, 1.82) is 0 Å². The van der Waals surface area contributed by atoms with Gasteiger partial charge in [0.1, 0.15) is 0 Å². The molecule has 1 rings (SSSR count). The highest BCUT2D eigenvalue weighted by Crippen LogP contribution is 2.36. The van der Waals surface area contributed by atoms with E-state index in [1.54, 1.807) is 0 Å². The molecule has 6 heteroatoms. The first-order valence-electron chi connectivity index (χ1n) is 2.91. The normalized spacial score (nSPS) is 14.8. The molecule has 1 aromatic rings. The fourth-order valence-electron chi connectivity index (χ4n) is 0.637. The lowest BCUT2D eigenvalue weighted by atomic mass is 10.3. The fraction of sp³-hybridized carbons (Fsp3) is 0.333. The van der Waals surface area contributed by atoms with Crippen molar-refractivity contribution in [3.63, 3.8) is 0 Å². The smallest absolute Gasteiger partial charge is 0.379 e. The molecule has 0 spiro atoms. The van der Waals surface area contributed by atoms with Crippen LogP contribution in [0.25, 0.3) is 0 Å². The number of thiophene rings is 1. The Morgan fingerprint density at radius 3 is 2.33 bits per heavy atom. The molecule has 1 atom stereocenters. The van der Waals surface area contributed by atoms with E-state index in [4.69, 9.17) is 16.7 Å². The van der Waals surface area contributed by atoms with Gasteiger partial charge in [0.05, 0.1) is 4.34 Å².